The minimum Gasteiger partial charge on any atom is -0.322 e. The van der Waals surface area contributed by atoms with Gasteiger partial charge in [0.1, 0.15) is 0 Å². The van der Waals surface area contributed by atoms with Gasteiger partial charge in [0.25, 0.3) is 10.8 Å². The van der Waals surface area contributed by atoms with Gasteiger partial charge in [-0.3, -0.25) is 14.4 Å². The zero-order valence-electron chi connectivity index (χ0n) is 12.5. The van der Waals surface area contributed by atoms with Crippen molar-refractivity contribution < 1.29 is 9.59 Å². The largest absolute Gasteiger partial charge is 0.322 e. The quantitative estimate of drug-likeness (QED) is 0.565. The predicted molar refractivity (Wildman–Crippen MR) is 94.4 cm³/mol. The minimum atomic E-state index is -0.736. The standard InChI is InChI=1S/C18H11Cl2NO3/c1-9-15(17(20)23)13-8-11(4-7-14(13)21-18(9)24)16(22)10-2-5-12(19)6-3-10/h2-8H,1H3,(H,21,24). The van der Waals surface area contributed by atoms with E-state index in [1.807, 2.05) is 0 Å². The Kier molecular flexibility index (Phi) is 4.26. The lowest BCUT2D eigenvalue weighted by Gasteiger charge is -2.08. The van der Waals surface area contributed by atoms with Crippen LogP contribution in [0.5, 0.6) is 0 Å². The molecule has 0 aliphatic rings. The third kappa shape index (κ3) is 2.86. The molecule has 0 aliphatic carbocycles. The zero-order chi connectivity index (χ0) is 17.4. The average Bonchev–Trinajstić information content (AvgIpc) is 2.55. The molecule has 0 bridgehead atoms. The Hall–Kier alpha value is -2.43. The first-order valence-corrected chi connectivity index (χ1v) is 7.81. The number of nitrogens with one attached hydrogen (secondary N) is 1. The molecule has 0 amide bonds. The molecule has 3 aromatic rings. The number of halogens is 2. The lowest BCUT2D eigenvalue weighted by atomic mass is 9.98. The lowest BCUT2D eigenvalue weighted by molar-refractivity contribution is 0.103. The molecule has 4 nitrogen and oxygen atoms in total. The number of aromatic nitrogens is 1. The van der Waals surface area contributed by atoms with Crippen molar-refractivity contribution in [3.8, 4) is 0 Å². The van der Waals surface area contributed by atoms with Crippen LogP contribution >= 0.6 is 23.2 Å². The molecular weight excluding hydrogens is 349 g/mol. The monoisotopic (exact) mass is 359 g/mol. The number of fused-ring (bicyclic) bond motifs is 1. The van der Waals surface area contributed by atoms with Crippen LogP contribution < -0.4 is 5.56 Å². The second kappa shape index (κ2) is 6.23. The van der Waals surface area contributed by atoms with E-state index in [0.29, 0.717) is 27.1 Å². The Bertz CT molecular complexity index is 1040. The van der Waals surface area contributed by atoms with Gasteiger partial charge in [-0.1, -0.05) is 11.6 Å². The predicted octanol–water partition coefficient (Wildman–Crippen LogP) is 4.10. The third-order valence-electron chi connectivity index (χ3n) is 3.82. The Balaban J connectivity index is 2.21. The molecule has 0 aliphatic heterocycles. The summed E-state index contributed by atoms with van der Waals surface area (Å²) in [5.74, 6) is -0.217. The summed E-state index contributed by atoms with van der Waals surface area (Å²) >= 11 is 11.5. The number of rotatable bonds is 3. The number of hydrogen-bond donors (Lipinski definition) is 1. The van der Waals surface area contributed by atoms with Gasteiger partial charge in [0, 0.05) is 32.6 Å². The summed E-state index contributed by atoms with van der Waals surface area (Å²) in [6, 6.07) is 11.2. The summed E-state index contributed by atoms with van der Waals surface area (Å²) in [6.45, 7) is 1.52. The van der Waals surface area contributed by atoms with Gasteiger partial charge in [-0.05, 0) is 61.0 Å². The highest BCUT2D eigenvalue weighted by molar-refractivity contribution is 6.68. The van der Waals surface area contributed by atoms with Gasteiger partial charge in [0.05, 0.1) is 5.56 Å². The minimum absolute atomic E-state index is 0.112. The summed E-state index contributed by atoms with van der Waals surface area (Å²) in [4.78, 5) is 38.9. The fourth-order valence-electron chi connectivity index (χ4n) is 2.55. The molecule has 0 fully saturated rings. The molecule has 2 aromatic carbocycles. The molecule has 0 atom stereocenters. The van der Waals surface area contributed by atoms with Crippen molar-refractivity contribution >= 4 is 45.1 Å². The van der Waals surface area contributed by atoms with Crippen LogP contribution in [0.15, 0.2) is 47.3 Å². The Morgan fingerprint density at radius 1 is 1.00 bits per heavy atom. The summed E-state index contributed by atoms with van der Waals surface area (Å²) in [7, 11) is 0. The molecule has 6 heteroatoms. The summed E-state index contributed by atoms with van der Waals surface area (Å²) in [6.07, 6.45) is 0. The first kappa shape index (κ1) is 16.4. The van der Waals surface area contributed by atoms with Gasteiger partial charge >= 0.3 is 0 Å². The number of benzene rings is 2. The van der Waals surface area contributed by atoms with E-state index < -0.39 is 5.24 Å². The molecule has 0 saturated carbocycles. The van der Waals surface area contributed by atoms with E-state index in [0.717, 1.165) is 0 Å². The van der Waals surface area contributed by atoms with E-state index in [4.69, 9.17) is 23.2 Å². The van der Waals surface area contributed by atoms with Crippen molar-refractivity contribution in [2.24, 2.45) is 0 Å². The van der Waals surface area contributed by atoms with Gasteiger partial charge in [0.15, 0.2) is 5.78 Å². The molecule has 24 heavy (non-hydrogen) atoms. The first-order valence-electron chi connectivity index (χ1n) is 7.05. The van der Waals surface area contributed by atoms with Crippen LogP contribution in [0.3, 0.4) is 0 Å². The lowest BCUT2D eigenvalue weighted by Crippen LogP contribution is -2.15. The number of aromatic amines is 1. The maximum Gasteiger partial charge on any atom is 0.253 e. The number of carbonyl (C=O) groups is 2. The fraction of sp³-hybridized carbons (Fsp3) is 0.0556. The van der Waals surface area contributed by atoms with E-state index in [-0.39, 0.29) is 22.5 Å². The van der Waals surface area contributed by atoms with Crippen LogP contribution in [-0.4, -0.2) is 16.0 Å². The highest BCUT2D eigenvalue weighted by atomic mass is 35.5. The summed E-state index contributed by atoms with van der Waals surface area (Å²) < 4.78 is 0. The molecule has 0 saturated heterocycles. The van der Waals surface area contributed by atoms with Crippen LogP contribution in [0.2, 0.25) is 5.02 Å². The van der Waals surface area contributed by atoms with Crippen molar-refractivity contribution in [1.82, 2.24) is 4.98 Å². The number of ketones is 1. The van der Waals surface area contributed by atoms with E-state index in [2.05, 4.69) is 4.98 Å². The molecule has 3 rings (SSSR count). The Labute approximate surface area is 147 Å². The number of H-pyrrole nitrogens is 1. The van der Waals surface area contributed by atoms with Crippen molar-refractivity contribution in [3.05, 3.63) is 80.1 Å². The fourth-order valence-corrected chi connectivity index (χ4v) is 2.92. The number of hydrogen-bond acceptors (Lipinski definition) is 3. The molecule has 1 N–H and O–H groups in total. The average molecular weight is 360 g/mol. The first-order chi connectivity index (χ1) is 11.4. The van der Waals surface area contributed by atoms with Crippen LogP contribution in [-0.2, 0) is 0 Å². The third-order valence-corrected chi connectivity index (χ3v) is 4.26. The maximum absolute atomic E-state index is 12.6. The second-order valence-corrected chi connectivity index (χ2v) is 6.10. The molecule has 120 valence electrons. The highest BCUT2D eigenvalue weighted by Crippen LogP contribution is 2.23. The molecule has 0 unspecified atom stereocenters. The topological polar surface area (TPSA) is 67.0 Å². The van der Waals surface area contributed by atoms with Gasteiger partial charge in [-0.2, -0.15) is 0 Å². The Morgan fingerprint density at radius 2 is 1.62 bits per heavy atom. The van der Waals surface area contributed by atoms with E-state index >= 15 is 0 Å². The zero-order valence-corrected chi connectivity index (χ0v) is 14.0. The Morgan fingerprint density at radius 3 is 2.25 bits per heavy atom. The molecule has 1 aromatic heterocycles. The van der Waals surface area contributed by atoms with Crippen LogP contribution in [0, 0.1) is 6.92 Å². The van der Waals surface area contributed by atoms with E-state index in [1.165, 1.54) is 6.92 Å². The second-order valence-electron chi connectivity index (χ2n) is 5.32. The molecule has 0 radical (unpaired) electrons. The van der Waals surface area contributed by atoms with Crippen LogP contribution in [0.25, 0.3) is 10.9 Å². The molecule has 1 heterocycles. The van der Waals surface area contributed by atoms with Crippen molar-refractivity contribution in [1.29, 1.82) is 0 Å². The van der Waals surface area contributed by atoms with Gasteiger partial charge < -0.3 is 4.98 Å². The van der Waals surface area contributed by atoms with Crippen LogP contribution in [0.1, 0.15) is 31.8 Å². The molecular formula is C18H11Cl2NO3. The smallest absolute Gasteiger partial charge is 0.253 e. The van der Waals surface area contributed by atoms with Gasteiger partial charge in [0.2, 0.25) is 0 Å². The van der Waals surface area contributed by atoms with Crippen LogP contribution in [0.4, 0.5) is 0 Å². The molecule has 0 spiro atoms. The van der Waals surface area contributed by atoms with E-state index in [1.54, 1.807) is 42.5 Å². The van der Waals surface area contributed by atoms with Gasteiger partial charge in [-0.15, -0.1) is 0 Å². The van der Waals surface area contributed by atoms with E-state index in [9.17, 15) is 14.4 Å². The van der Waals surface area contributed by atoms with Crippen molar-refractivity contribution in [3.63, 3.8) is 0 Å². The summed E-state index contributed by atoms with van der Waals surface area (Å²) in [5.41, 5.74) is 1.25. The maximum atomic E-state index is 12.6. The normalized spacial score (nSPS) is 10.8. The SMILES string of the molecule is Cc1c(C(=O)Cl)c2cc(C(=O)c3ccc(Cl)cc3)ccc2[nH]c1=O. The number of pyridine rings is 1. The summed E-state index contributed by atoms with van der Waals surface area (Å²) in [5, 5.41) is 0.236. The highest BCUT2D eigenvalue weighted by Gasteiger charge is 2.17. The van der Waals surface area contributed by atoms with Gasteiger partial charge in [-0.25, -0.2) is 0 Å². The number of carbonyl (C=O) groups excluding carboxylic acids is 2. The van der Waals surface area contributed by atoms with Crippen molar-refractivity contribution in [2.45, 2.75) is 6.92 Å². The van der Waals surface area contributed by atoms with Crippen molar-refractivity contribution in [2.75, 3.05) is 0 Å².